The van der Waals surface area contributed by atoms with Crippen molar-refractivity contribution in [1.82, 2.24) is 4.57 Å². The van der Waals surface area contributed by atoms with Gasteiger partial charge in [0.15, 0.2) is 0 Å². The molecule has 338 valence electrons. The summed E-state index contributed by atoms with van der Waals surface area (Å²) in [5.41, 5.74) is 17.9. The zero-order chi connectivity index (χ0) is 47.3. The molecule has 12 aromatic rings. The van der Waals surface area contributed by atoms with Gasteiger partial charge in [-0.05, 0) is 155 Å². The molecule has 0 bridgehead atoms. The Bertz CT molecular complexity index is 3990. The molecule has 0 aliphatic heterocycles. The first-order valence-electron chi connectivity index (χ1n) is 25.4. The zero-order valence-corrected chi connectivity index (χ0v) is 40.0. The highest BCUT2D eigenvalue weighted by Gasteiger charge is 2.27. The molecule has 2 unspecified atom stereocenters. The Hall–Kier alpha value is -8.52. The minimum Gasteiger partial charge on any atom is -0.309 e. The number of fused-ring (bicyclic) bond motifs is 9. The standard InChI is InChI=1S/C70H53N/c1-2-57-58(51-22-10-5-11-23-51)28-16-24-53(44-65(57)52-34-32-49(33-35-52)47-18-6-3-7-19-47)54-38-42-64-66(45-54)61-26-13-12-25-60(61)63-30-17-29-59(70(63)64)55-39-43-69-67(46-55)62-27-14-15-31-68(62)71(69)56-40-36-50(37-41-56)48-20-8-4-9-21-48/h3-15,17-23,25-46,57,65H,2,16,24H2,1H3/b53-44+,58-28-. The fraction of sp³-hybridized carbons (Fsp3) is 0.0857. The summed E-state index contributed by atoms with van der Waals surface area (Å²) in [5, 5.41) is 10.3. The summed E-state index contributed by atoms with van der Waals surface area (Å²) >= 11 is 0. The second kappa shape index (κ2) is 18.1. The third kappa shape index (κ3) is 7.57. The van der Waals surface area contributed by atoms with Crippen LogP contribution in [0.4, 0.5) is 0 Å². The average Bonchev–Trinajstić information content (AvgIpc) is 3.77. The van der Waals surface area contributed by atoms with Gasteiger partial charge >= 0.3 is 0 Å². The summed E-state index contributed by atoms with van der Waals surface area (Å²) in [6.45, 7) is 2.37. The monoisotopic (exact) mass is 907 g/mol. The SMILES string of the molecule is CCC1/C(c2ccccc2)=C\CC/C(c2ccc3c(c2)c2ccccc2c2cccc(-c4ccc5c(c4)c4ccccc4n5-c4ccc(-c5ccccc5)cc4)c23)=C\C1c1ccc(-c2ccccc2)cc1. The highest BCUT2D eigenvalue weighted by atomic mass is 15.0. The summed E-state index contributed by atoms with van der Waals surface area (Å²) in [7, 11) is 0. The van der Waals surface area contributed by atoms with Gasteiger partial charge in [-0.15, -0.1) is 0 Å². The second-order valence-corrected chi connectivity index (χ2v) is 19.3. The first kappa shape index (κ1) is 42.6. The second-order valence-electron chi connectivity index (χ2n) is 19.3. The Morgan fingerprint density at radius 2 is 0.915 bits per heavy atom. The predicted molar refractivity (Wildman–Crippen MR) is 304 cm³/mol. The molecule has 1 heteroatoms. The number of hydrogen-bond donors (Lipinski definition) is 0. The van der Waals surface area contributed by atoms with Crippen LogP contribution >= 0.6 is 0 Å². The number of rotatable bonds is 8. The maximum absolute atomic E-state index is 2.64. The average molecular weight is 908 g/mol. The van der Waals surface area contributed by atoms with E-state index in [1.807, 2.05) is 0 Å². The quantitative estimate of drug-likeness (QED) is 0.134. The maximum atomic E-state index is 2.64. The lowest BCUT2D eigenvalue weighted by molar-refractivity contribution is 0.577. The van der Waals surface area contributed by atoms with Gasteiger partial charge in [-0.2, -0.15) is 0 Å². The zero-order valence-electron chi connectivity index (χ0n) is 40.0. The molecule has 0 saturated carbocycles. The molecule has 1 aliphatic carbocycles. The number of allylic oxidation sites excluding steroid dienone is 4. The van der Waals surface area contributed by atoms with Crippen LogP contribution in [0.5, 0.6) is 0 Å². The Morgan fingerprint density at radius 1 is 0.394 bits per heavy atom. The van der Waals surface area contributed by atoms with Gasteiger partial charge in [-0.25, -0.2) is 0 Å². The lowest BCUT2D eigenvalue weighted by atomic mass is 9.74. The molecule has 0 saturated heterocycles. The lowest BCUT2D eigenvalue weighted by Crippen LogP contribution is -2.15. The van der Waals surface area contributed by atoms with E-state index in [1.54, 1.807) is 0 Å². The molecule has 1 aromatic heterocycles. The van der Waals surface area contributed by atoms with Gasteiger partial charge in [0.25, 0.3) is 0 Å². The molecule has 0 N–H and O–H groups in total. The number of benzene rings is 11. The van der Waals surface area contributed by atoms with Crippen LogP contribution in [0.1, 0.15) is 48.8 Å². The number of aromatic nitrogens is 1. The van der Waals surface area contributed by atoms with E-state index in [2.05, 4.69) is 266 Å². The molecule has 13 rings (SSSR count). The van der Waals surface area contributed by atoms with Crippen LogP contribution in [0, 0.1) is 5.92 Å². The normalized spacial score (nSPS) is 16.7. The van der Waals surface area contributed by atoms with E-state index in [0.717, 1.165) is 24.9 Å². The molecule has 1 heterocycles. The summed E-state index contributed by atoms with van der Waals surface area (Å²) in [6, 6.07) is 90.2. The molecule has 1 aliphatic rings. The summed E-state index contributed by atoms with van der Waals surface area (Å²) < 4.78 is 2.42. The third-order valence-corrected chi connectivity index (χ3v) is 15.4. The largest absolute Gasteiger partial charge is 0.309 e. The van der Waals surface area contributed by atoms with Gasteiger partial charge in [0.2, 0.25) is 0 Å². The minimum absolute atomic E-state index is 0.205. The molecule has 0 amide bonds. The highest BCUT2D eigenvalue weighted by Crippen LogP contribution is 2.46. The van der Waals surface area contributed by atoms with Crippen molar-refractivity contribution in [3.8, 4) is 39.1 Å². The Kier molecular flexibility index (Phi) is 10.9. The van der Waals surface area contributed by atoms with Crippen molar-refractivity contribution in [3.63, 3.8) is 0 Å². The van der Waals surface area contributed by atoms with Crippen LogP contribution in [-0.4, -0.2) is 4.57 Å². The number of hydrogen-bond acceptors (Lipinski definition) is 0. The summed E-state index contributed by atoms with van der Waals surface area (Å²) in [5.74, 6) is 0.534. The molecule has 0 radical (unpaired) electrons. The molecule has 71 heavy (non-hydrogen) atoms. The van der Waals surface area contributed by atoms with Crippen LogP contribution in [0.2, 0.25) is 0 Å². The van der Waals surface area contributed by atoms with Crippen molar-refractivity contribution in [2.24, 2.45) is 5.92 Å². The van der Waals surface area contributed by atoms with Gasteiger partial charge < -0.3 is 4.57 Å². The molecule has 0 spiro atoms. The highest BCUT2D eigenvalue weighted by molar-refractivity contribution is 6.29. The van der Waals surface area contributed by atoms with Crippen LogP contribution in [0.3, 0.4) is 0 Å². The van der Waals surface area contributed by atoms with E-state index in [0.29, 0.717) is 5.92 Å². The smallest absolute Gasteiger partial charge is 0.0541 e. The van der Waals surface area contributed by atoms with Gasteiger partial charge in [0.05, 0.1) is 11.0 Å². The van der Waals surface area contributed by atoms with Gasteiger partial charge in [-0.3, -0.25) is 0 Å². The van der Waals surface area contributed by atoms with Crippen LogP contribution in [0.25, 0.3) is 104 Å². The molecule has 0 fully saturated rings. The lowest BCUT2D eigenvalue weighted by Gasteiger charge is -2.30. The Morgan fingerprint density at radius 3 is 1.61 bits per heavy atom. The van der Waals surface area contributed by atoms with E-state index < -0.39 is 0 Å². The fourth-order valence-electron chi connectivity index (χ4n) is 12.0. The Balaban J connectivity index is 0.949. The van der Waals surface area contributed by atoms with Crippen molar-refractivity contribution < 1.29 is 0 Å². The molecule has 1 nitrogen and oxygen atoms in total. The summed E-state index contributed by atoms with van der Waals surface area (Å²) in [4.78, 5) is 0. The first-order chi connectivity index (χ1) is 35.2. The van der Waals surface area contributed by atoms with Gasteiger partial charge in [-0.1, -0.05) is 225 Å². The van der Waals surface area contributed by atoms with Crippen molar-refractivity contribution in [2.45, 2.75) is 32.1 Å². The molecule has 2 atom stereocenters. The van der Waals surface area contributed by atoms with Crippen molar-refractivity contribution in [3.05, 3.63) is 271 Å². The van der Waals surface area contributed by atoms with E-state index in [9.17, 15) is 0 Å². The molecular formula is C70H53N. The van der Waals surface area contributed by atoms with E-state index >= 15 is 0 Å². The van der Waals surface area contributed by atoms with Crippen molar-refractivity contribution in [2.75, 3.05) is 0 Å². The number of nitrogens with zero attached hydrogens (tertiary/aromatic N) is 1. The van der Waals surface area contributed by atoms with E-state index in [-0.39, 0.29) is 5.92 Å². The minimum atomic E-state index is 0.205. The van der Waals surface area contributed by atoms with Crippen molar-refractivity contribution in [1.29, 1.82) is 0 Å². The third-order valence-electron chi connectivity index (χ3n) is 15.4. The maximum Gasteiger partial charge on any atom is 0.0541 e. The first-order valence-corrected chi connectivity index (χ1v) is 25.4. The van der Waals surface area contributed by atoms with Crippen molar-refractivity contribution >= 4 is 65.3 Å². The van der Waals surface area contributed by atoms with E-state index in [1.165, 1.54) is 115 Å². The van der Waals surface area contributed by atoms with Crippen LogP contribution < -0.4 is 0 Å². The number of para-hydroxylation sites is 1. The molecule has 11 aromatic carbocycles. The Labute approximate surface area is 416 Å². The predicted octanol–water partition coefficient (Wildman–Crippen LogP) is 19.3. The van der Waals surface area contributed by atoms with Gasteiger partial charge in [0, 0.05) is 22.4 Å². The van der Waals surface area contributed by atoms with E-state index in [4.69, 9.17) is 0 Å². The summed E-state index contributed by atoms with van der Waals surface area (Å²) in [6.07, 6.45) is 8.19. The van der Waals surface area contributed by atoms with Crippen LogP contribution in [0.15, 0.2) is 255 Å². The topological polar surface area (TPSA) is 4.93 Å². The fourth-order valence-corrected chi connectivity index (χ4v) is 12.0. The van der Waals surface area contributed by atoms with Gasteiger partial charge in [0.1, 0.15) is 0 Å². The van der Waals surface area contributed by atoms with Crippen LogP contribution in [-0.2, 0) is 0 Å². The molecular weight excluding hydrogens is 855 g/mol.